The summed E-state index contributed by atoms with van der Waals surface area (Å²) in [6, 6.07) is 7.20. The molecule has 0 unspecified atom stereocenters. The highest BCUT2D eigenvalue weighted by Crippen LogP contribution is 2.41. The minimum Gasteiger partial charge on any atom is -0.454 e. The first kappa shape index (κ1) is 21.0. The average molecular weight is 403 g/mol. The van der Waals surface area contributed by atoms with Gasteiger partial charge >= 0.3 is 6.18 Å². The maximum atomic E-state index is 13.0. The molecule has 9 heteroatoms. The molecule has 0 saturated carbocycles. The van der Waals surface area contributed by atoms with Crippen LogP contribution in [0.25, 0.3) is 0 Å². The largest absolute Gasteiger partial charge is 0.454 e. The Kier molecular flexibility index (Phi) is 5.49. The molecule has 148 valence electrons. The van der Waals surface area contributed by atoms with E-state index < -0.39 is 32.4 Å². The number of benzene rings is 2. The monoisotopic (exact) mass is 403 g/mol. The standard InChI is InChI=1S/C18H20F3NO4S/c1-4-17(2,3)11-8-9-13(15(10-11)27(23,24)25)26-14-7-5-6-12(16(14)22)18(19,20)21/h5-10H,4,22H2,1-3H3,(H,23,24,25). The van der Waals surface area contributed by atoms with E-state index >= 15 is 0 Å². The lowest BCUT2D eigenvalue weighted by Gasteiger charge is -2.24. The lowest BCUT2D eigenvalue weighted by Crippen LogP contribution is -2.16. The van der Waals surface area contributed by atoms with Crippen molar-refractivity contribution in [2.75, 3.05) is 5.73 Å². The third-order valence-corrected chi connectivity index (χ3v) is 5.35. The van der Waals surface area contributed by atoms with Crippen LogP contribution in [0.1, 0.15) is 38.3 Å². The molecule has 0 saturated heterocycles. The minimum atomic E-state index is -4.69. The van der Waals surface area contributed by atoms with E-state index in [2.05, 4.69) is 0 Å². The van der Waals surface area contributed by atoms with Crippen LogP contribution >= 0.6 is 0 Å². The summed E-state index contributed by atoms with van der Waals surface area (Å²) in [6.45, 7) is 5.70. The molecule has 2 rings (SSSR count). The molecule has 0 heterocycles. The van der Waals surface area contributed by atoms with Crippen molar-refractivity contribution < 1.29 is 30.9 Å². The zero-order chi connectivity index (χ0) is 20.6. The van der Waals surface area contributed by atoms with Gasteiger partial charge in [-0.15, -0.1) is 0 Å². The predicted molar refractivity (Wildman–Crippen MR) is 95.5 cm³/mol. The highest BCUT2D eigenvalue weighted by Gasteiger charge is 2.34. The Morgan fingerprint density at radius 2 is 1.74 bits per heavy atom. The van der Waals surface area contributed by atoms with E-state index in [9.17, 15) is 26.1 Å². The van der Waals surface area contributed by atoms with E-state index in [1.807, 2.05) is 20.8 Å². The van der Waals surface area contributed by atoms with E-state index in [0.29, 0.717) is 12.0 Å². The van der Waals surface area contributed by atoms with Crippen LogP contribution in [0.5, 0.6) is 11.5 Å². The lowest BCUT2D eigenvalue weighted by molar-refractivity contribution is -0.137. The van der Waals surface area contributed by atoms with Crippen LogP contribution in [0.2, 0.25) is 0 Å². The summed E-state index contributed by atoms with van der Waals surface area (Å²) in [4.78, 5) is -0.543. The molecule has 2 aromatic carbocycles. The first-order valence-electron chi connectivity index (χ1n) is 8.03. The summed E-state index contributed by atoms with van der Waals surface area (Å²) >= 11 is 0. The van der Waals surface area contributed by atoms with Gasteiger partial charge in [0.2, 0.25) is 0 Å². The third kappa shape index (κ3) is 4.54. The SMILES string of the molecule is CCC(C)(C)c1ccc(Oc2cccc(C(F)(F)F)c2N)c(S(=O)(=O)O)c1. The molecule has 0 fully saturated rings. The zero-order valence-electron chi connectivity index (χ0n) is 15.0. The molecule has 0 amide bonds. The molecular formula is C18H20F3NO4S. The number of nitrogen functional groups attached to an aromatic ring is 1. The van der Waals surface area contributed by atoms with Crippen LogP contribution in [-0.2, 0) is 21.7 Å². The van der Waals surface area contributed by atoms with Crippen LogP contribution in [0.3, 0.4) is 0 Å². The molecule has 27 heavy (non-hydrogen) atoms. The minimum absolute atomic E-state index is 0.320. The summed E-state index contributed by atoms with van der Waals surface area (Å²) in [5.41, 5.74) is 4.01. The summed E-state index contributed by atoms with van der Waals surface area (Å²) in [5.74, 6) is -0.684. The number of para-hydroxylation sites is 1. The number of hydrogen-bond acceptors (Lipinski definition) is 4. The van der Waals surface area contributed by atoms with Gasteiger partial charge in [0.05, 0.1) is 11.3 Å². The summed E-state index contributed by atoms with van der Waals surface area (Å²) in [6.07, 6.45) is -4.00. The normalized spacial score (nSPS) is 12.9. The summed E-state index contributed by atoms with van der Waals surface area (Å²) in [7, 11) is -4.68. The van der Waals surface area contributed by atoms with Crippen molar-refractivity contribution in [3.05, 3.63) is 47.5 Å². The molecule has 0 atom stereocenters. The van der Waals surface area contributed by atoms with Crippen molar-refractivity contribution in [3.63, 3.8) is 0 Å². The Bertz CT molecular complexity index is 954. The van der Waals surface area contributed by atoms with Crippen LogP contribution in [-0.4, -0.2) is 13.0 Å². The molecule has 5 nitrogen and oxygen atoms in total. The van der Waals surface area contributed by atoms with Gasteiger partial charge in [0.15, 0.2) is 5.75 Å². The summed E-state index contributed by atoms with van der Waals surface area (Å²) < 4.78 is 77.4. The van der Waals surface area contributed by atoms with Gasteiger partial charge in [0.25, 0.3) is 10.1 Å². The number of ether oxygens (including phenoxy) is 1. The molecule has 0 aliphatic carbocycles. The number of anilines is 1. The molecule has 0 aliphatic heterocycles. The zero-order valence-corrected chi connectivity index (χ0v) is 15.8. The van der Waals surface area contributed by atoms with Crippen molar-refractivity contribution in [1.29, 1.82) is 0 Å². The summed E-state index contributed by atoms with van der Waals surface area (Å²) in [5, 5.41) is 0. The molecule has 3 N–H and O–H groups in total. The maximum Gasteiger partial charge on any atom is 0.418 e. The van der Waals surface area contributed by atoms with Gasteiger partial charge in [-0.2, -0.15) is 21.6 Å². The molecule has 0 spiro atoms. The average Bonchev–Trinajstić information content (AvgIpc) is 2.54. The molecule has 0 radical (unpaired) electrons. The number of nitrogens with two attached hydrogens (primary N) is 1. The fourth-order valence-electron chi connectivity index (χ4n) is 2.42. The predicted octanol–water partition coefficient (Wildman–Crippen LogP) is 5.01. The van der Waals surface area contributed by atoms with Gasteiger partial charge in [-0.25, -0.2) is 0 Å². The Hall–Kier alpha value is -2.26. The van der Waals surface area contributed by atoms with E-state index in [4.69, 9.17) is 10.5 Å². The van der Waals surface area contributed by atoms with Gasteiger partial charge in [-0.05, 0) is 41.7 Å². The van der Waals surface area contributed by atoms with E-state index in [1.165, 1.54) is 18.2 Å². The second-order valence-electron chi connectivity index (χ2n) is 6.69. The first-order valence-corrected chi connectivity index (χ1v) is 9.47. The lowest BCUT2D eigenvalue weighted by atomic mass is 9.82. The van der Waals surface area contributed by atoms with Crippen molar-refractivity contribution in [3.8, 4) is 11.5 Å². The van der Waals surface area contributed by atoms with Gasteiger partial charge in [-0.3, -0.25) is 4.55 Å². The first-order chi connectivity index (χ1) is 12.3. The van der Waals surface area contributed by atoms with Crippen LogP contribution in [0.4, 0.5) is 18.9 Å². The maximum absolute atomic E-state index is 13.0. The fourth-order valence-corrected chi connectivity index (χ4v) is 3.06. The highest BCUT2D eigenvalue weighted by atomic mass is 32.2. The van der Waals surface area contributed by atoms with Gasteiger partial charge in [0.1, 0.15) is 10.6 Å². The second-order valence-corrected chi connectivity index (χ2v) is 8.08. The van der Waals surface area contributed by atoms with Crippen LogP contribution in [0.15, 0.2) is 41.3 Å². The van der Waals surface area contributed by atoms with Crippen LogP contribution < -0.4 is 10.5 Å². The van der Waals surface area contributed by atoms with Crippen molar-refractivity contribution in [2.45, 2.75) is 43.7 Å². The quantitative estimate of drug-likeness (QED) is 0.541. The number of alkyl halides is 3. The smallest absolute Gasteiger partial charge is 0.418 e. The van der Waals surface area contributed by atoms with Gasteiger partial charge < -0.3 is 10.5 Å². The molecular weight excluding hydrogens is 383 g/mol. The Morgan fingerprint density at radius 1 is 1.11 bits per heavy atom. The molecule has 0 aliphatic rings. The fraction of sp³-hybridized carbons (Fsp3) is 0.333. The van der Waals surface area contributed by atoms with E-state index in [0.717, 1.165) is 12.1 Å². The number of halogens is 3. The molecule has 0 bridgehead atoms. The van der Waals surface area contributed by atoms with Crippen molar-refractivity contribution >= 4 is 15.8 Å². The Morgan fingerprint density at radius 3 is 2.26 bits per heavy atom. The Balaban J connectivity index is 2.58. The van der Waals surface area contributed by atoms with Gasteiger partial charge in [0, 0.05) is 0 Å². The van der Waals surface area contributed by atoms with Gasteiger partial charge in [-0.1, -0.05) is 32.9 Å². The van der Waals surface area contributed by atoms with Crippen molar-refractivity contribution in [1.82, 2.24) is 0 Å². The van der Waals surface area contributed by atoms with E-state index in [1.54, 1.807) is 6.07 Å². The van der Waals surface area contributed by atoms with Crippen molar-refractivity contribution in [2.24, 2.45) is 0 Å². The van der Waals surface area contributed by atoms with E-state index in [-0.39, 0.29) is 16.9 Å². The highest BCUT2D eigenvalue weighted by molar-refractivity contribution is 7.86. The molecule has 0 aromatic heterocycles. The Labute approximate surface area is 155 Å². The number of hydrogen-bond donors (Lipinski definition) is 2. The number of rotatable bonds is 5. The topological polar surface area (TPSA) is 89.6 Å². The second kappa shape index (κ2) is 7.05. The van der Waals surface area contributed by atoms with Crippen LogP contribution in [0, 0.1) is 0 Å². The molecule has 2 aromatic rings. The third-order valence-electron chi connectivity index (χ3n) is 4.48.